The molecule has 0 radical (unpaired) electrons. The Kier molecular flexibility index (Phi) is 9.83. The second-order valence-corrected chi connectivity index (χ2v) is 12.7. The van der Waals surface area contributed by atoms with E-state index in [9.17, 15) is 4.79 Å². The van der Waals surface area contributed by atoms with Crippen molar-refractivity contribution in [2.24, 2.45) is 0 Å². The third kappa shape index (κ3) is 7.63. The van der Waals surface area contributed by atoms with E-state index in [1.165, 1.54) is 17.5 Å². The summed E-state index contributed by atoms with van der Waals surface area (Å²) >= 11 is 0. The molecule has 5 aromatic rings. The van der Waals surface area contributed by atoms with Gasteiger partial charge < -0.3 is 15.0 Å². The highest BCUT2D eigenvalue weighted by Gasteiger charge is 2.24. The maximum absolute atomic E-state index is 13.4. The van der Waals surface area contributed by atoms with Gasteiger partial charge in [0.1, 0.15) is 5.69 Å². The number of anilines is 2. The minimum atomic E-state index is 0.0876. The molecule has 9 heteroatoms. The van der Waals surface area contributed by atoms with E-state index in [0.717, 1.165) is 59.0 Å². The highest BCUT2D eigenvalue weighted by atomic mass is 16.5. The number of aryl methyl sites for hydroxylation is 2. The molecule has 242 valence electrons. The number of likely N-dealkylation sites (tertiary alicyclic amines) is 1. The Morgan fingerprint density at radius 3 is 2.74 bits per heavy atom. The molecule has 0 spiro atoms. The topological polar surface area (TPSA) is 79.9 Å². The smallest absolute Gasteiger partial charge is 0.167 e. The second-order valence-electron chi connectivity index (χ2n) is 12.7. The van der Waals surface area contributed by atoms with Gasteiger partial charge in [-0.15, -0.1) is 0 Å². The molecular weight excluding hydrogens is 586 g/mol. The predicted molar refractivity (Wildman–Crippen MR) is 186 cm³/mol. The molecule has 9 nitrogen and oxygen atoms in total. The van der Waals surface area contributed by atoms with Gasteiger partial charge in [-0.05, 0) is 80.7 Å². The number of carbonyl (C=O) groups excluding carboxylic acids is 1. The number of pyridine rings is 1. The number of fused-ring (bicyclic) bond motifs is 1. The van der Waals surface area contributed by atoms with Gasteiger partial charge in [-0.25, -0.2) is 4.98 Å². The van der Waals surface area contributed by atoms with Crippen molar-refractivity contribution in [3.63, 3.8) is 0 Å². The Morgan fingerprint density at radius 2 is 1.96 bits per heavy atom. The van der Waals surface area contributed by atoms with E-state index in [1.807, 2.05) is 58.7 Å². The van der Waals surface area contributed by atoms with Crippen molar-refractivity contribution in [2.75, 3.05) is 46.2 Å². The average Bonchev–Trinajstić information content (AvgIpc) is 3.82. The number of hydrogen-bond donors (Lipinski definition) is 1. The minimum Gasteiger partial charge on any atom is -0.383 e. The number of Topliss-reactive ketones (excluding diaryl/α,β-unsaturated/α-hetero) is 1. The molecule has 4 heterocycles. The molecule has 1 unspecified atom stereocenters. The lowest BCUT2D eigenvalue weighted by atomic mass is 9.97. The van der Waals surface area contributed by atoms with Gasteiger partial charge >= 0.3 is 0 Å². The van der Waals surface area contributed by atoms with Crippen molar-refractivity contribution < 1.29 is 9.53 Å². The van der Waals surface area contributed by atoms with Gasteiger partial charge in [0, 0.05) is 62.7 Å². The number of nitrogens with one attached hydrogen (secondary N) is 1. The molecule has 1 atom stereocenters. The highest BCUT2D eigenvalue weighted by Crippen LogP contribution is 2.23. The molecule has 1 aliphatic rings. The fourth-order valence-electron chi connectivity index (χ4n) is 6.10. The van der Waals surface area contributed by atoms with Gasteiger partial charge in [-0.2, -0.15) is 5.10 Å². The first-order valence-electron chi connectivity index (χ1n) is 16.1. The Balaban J connectivity index is 1.13. The van der Waals surface area contributed by atoms with E-state index in [4.69, 9.17) is 4.74 Å². The van der Waals surface area contributed by atoms with Crippen LogP contribution in [-0.2, 0) is 24.2 Å². The van der Waals surface area contributed by atoms with Gasteiger partial charge in [0.05, 0.1) is 36.9 Å². The van der Waals surface area contributed by atoms with Gasteiger partial charge in [0.2, 0.25) is 0 Å². The quantitative estimate of drug-likeness (QED) is 0.153. The van der Waals surface area contributed by atoms with Crippen LogP contribution in [0.4, 0.5) is 11.4 Å². The molecule has 0 bridgehead atoms. The number of carbonyl (C=O) groups is 1. The van der Waals surface area contributed by atoms with Crippen LogP contribution in [0.1, 0.15) is 50.3 Å². The number of hydrogen-bond acceptors (Lipinski definition) is 7. The largest absolute Gasteiger partial charge is 0.383 e. The first-order chi connectivity index (χ1) is 22.8. The lowest BCUT2D eigenvalue weighted by Crippen LogP contribution is -2.31. The van der Waals surface area contributed by atoms with E-state index < -0.39 is 0 Å². The normalized spacial score (nSPS) is 14.9. The molecule has 1 aliphatic heterocycles. The van der Waals surface area contributed by atoms with Crippen LogP contribution in [-0.4, -0.2) is 81.7 Å². The number of imidazole rings is 1. The fourth-order valence-corrected chi connectivity index (χ4v) is 6.10. The summed E-state index contributed by atoms with van der Waals surface area (Å²) in [4.78, 5) is 22.9. The molecule has 0 amide bonds. The second kappa shape index (κ2) is 14.3. The summed E-state index contributed by atoms with van der Waals surface area (Å²) in [6.45, 7) is 8.63. The van der Waals surface area contributed by atoms with Crippen LogP contribution in [0.2, 0.25) is 0 Å². The first kappa shape index (κ1) is 32.2. The molecule has 1 fully saturated rings. The third-order valence-corrected chi connectivity index (χ3v) is 9.00. The number of aromatic nitrogens is 4. The van der Waals surface area contributed by atoms with E-state index in [2.05, 4.69) is 76.3 Å². The highest BCUT2D eigenvalue weighted by molar-refractivity contribution is 5.98. The summed E-state index contributed by atoms with van der Waals surface area (Å²) < 4.78 is 8.94. The van der Waals surface area contributed by atoms with Crippen molar-refractivity contribution in [2.45, 2.75) is 45.8 Å². The number of likely N-dealkylation sites (N-methyl/N-ethyl adjacent to an activating group) is 1. The molecule has 1 N–H and O–H groups in total. The number of benzene rings is 2. The van der Waals surface area contributed by atoms with E-state index >= 15 is 0 Å². The maximum atomic E-state index is 13.4. The van der Waals surface area contributed by atoms with Crippen LogP contribution >= 0.6 is 0 Å². The minimum absolute atomic E-state index is 0.0876. The first-order valence-corrected chi connectivity index (χ1v) is 16.1. The van der Waals surface area contributed by atoms with Crippen LogP contribution in [0.15, 0.2) is 73.3 Å². The fraction of sp³-hybridized carbons (Fsp3) is 0.342. The van der Waals surface area contributed by atoms with Gasteiger partial charge in [-0.1, -0.05) is 36.3 Å². The van der Waals surface area contributed by atoms with Crippen LogP contribution in [0, 0.1) is 25.7 Å². The lowest BCUT2D eigenvalue weighted by molar-refractivity contribution is 0.0993. The van der Waals surface area contributed by atoms with Crippen molar-refractivity contribution >= 4 is 22.8 Å². The van der Waals surface area contributed by atoms with Gasteiger partial charge in [0.25, 0.3) is 0 Å². The zero-order valence-electron chi connectivity index (χ0n) is 28.0. The Bertz CT molecular complexity index is 1940. The third-order valence-electron chi connectivity index (χ3n) is 9.00. The lowest BCUT2D eigenvalue weighted by Gasteiger charge is -2.21. The summed E-state index contributed by atoms with van der Waals surface area (Å²) in [6.07, 6.45) is 9.02. The molecule has 0 saturated carbocycles. The number of ketones is 1. The number of methoxy groups -OCH3 is 1. The molecule has 0 aliphatic carbocycles. The van der Waals surface area contributed by atoms with E-state index in [1.54, 1.807) is 19.5 Å². The average molecular weight is 630 g/mol. The van der Waals surface area contributed by atoms with Crippen LogP contribution in [0.5, 0.6) is 0 Å². The maximum Gasteiger partial charge on any atom is 0.167 e. The van der Waals surface area contributed by atoms with Gasteiger partial charge in [-0.3, -0.25) is 18.8 Å². The van der Waals surface area contributed by atoms with Crippen LogP contribution in [0.25, 0.3) is 5.65 Å². The molecular formula is C38H43N7O2. The SMILES string of the molecule is COCCn1cc(Nc2cccn3c(C#Cc4cc(C(=O)Cc5ccc(CN6CCC(N(C)C)C6)c(C)c5)ccc4C)cnc23)cn1. The van der Waals surface area contributed by atoms with E-state index in [0.29, 0.717) is 31.2 Å². The monoisotopic (exact) mass is 629 g/mol. The van der Waals surface area contributed by atoms with Crippen LogP contribution in [0.3, 0.4) is 0 Å². The van der Waals surface area contributed by atoms with Crippen molar-refractivity contribution in [1.82, 2.24) is 29.0 Å². The number of rotatable bonds is 11. The zero-order valence-corrected chi connectivity index (χ0v) is 28.0. The zero-order chi connectivity index (χ0) is 32.9. The summed E-state index contributed by atoms with van der Waals surface area (Å²) in [7, 11) is 6.00. The van der Waals surface area contributed by atoms with Crippen molar-refractivity contribution in [1.29, 1.82) is 0 Å². The van der Waals surface area contributed by atoms with Crippen molar-refractivity contribution in [3.05, 3.63) is 112 Å². The van der Waals surface area contributed by atoms with Crippen LogP contribution < -0.4 is 5.32 Å². The summed E-state index contributed by atoms with van der Waals surface area (Å²) in [5.41, 5.74) is 9.38. The predicted octanol–water partition coefficient (Wildman–Crippen LogP) is 5.50. The Labute approximate surface area is 277 Å². The van der Waals surface area contributed by atoms with Gasteiger partial charge in [0.15, 0.2) is 11.4 Å². The molecule has 47 heavy (non-hydrogen) atoms. The number of nitrogens with zero attached hydrogens (tertiary/aromatic N) is 6. The molecule has 3 aromatic heterocycles. The molecule has 2 aromatic carbocycles. The number of ether oxygens (including phenoxy) is 1. The molecule has 6 rings (SSSR count). The molecule has 1 saturated heterocycles. The standard InChI is InChI=1S/C38H43N7O2/c1-27-8-10-31(37(46)20-29-9-11-32(28(2)19-29)24-43-16-14-35(26-43)42(3)4)21-30(27)12-13-34-23-39-38-36(7-6-15-45(34)38)41-33-22-40-44(25-33)17-18-47-5/h6-11,15,19,21-23,25,35,41H,14,16-18,20,24,26H2,1-5H3. The van der Waals surface area contributed by atoms with Crippen molar-refractivity contribution in [3.8, 4) is 11.8 Å². The Morgan fingerprint density at radius 1 is 1.09 bits per heavy atom. The summed E-state index contributed by atoms with van der Waals surface area (Å²) in [6, 6.07) is 16.8. The summed E-state index contributed by atoms with van der Waals surface area (Å²) in [5.74, 6) is 6.68. The Hall–Kier alpha value is -4.75. The van der Waals surface area contributed by atoms with E-state index in [-0.39, 0.29) is 5.78 Å². The summed E-state index contributed by atoms with van der Waals surface area (Å²) in [5, 5.41) is 7.79.